The molecule has 0 saturated carbocycles. The van der Waals surface area contributed by atoms with Gasteiger partial charge in [0.2, 0.25) is 0 Å². The minimum Gasteiger partial charge on any atom is -0.333 e. The highest BCUT2D eigenvalue weighted by molar-refractivity contribution is 5.97. The van der Waals surface area contributed by atoms with E-state index >= 15 is 0 Å². The zero-order valence-corrected chi connectivity index (χ0v) is 13.4. The summed E-state index contributed by atoms with van der Waals surface area (Å²) in [5.74, 6) is 0.563. The summed E-state index contributed by atoms with van der Waals surface area (Å²) in [6, 6.07) is 2.11. The molecular formula is C16H23N5O. The topological polar surface area (TPSA) is 63.1 Å². The molecule has 3 rings (SSSR count). The number of carbonyl (C=O) groups excluding carboxylic acids is 1. The monoisotopic (exact) mass is 301 g/mol. The summed E-state index contributed by atoms with van der Waals surface area (Å²) in [6.45, 7) is 9.63. The predicted molar refractivity (Wildman–Crippen MR) is 85.7 cm³/mol. The van der Waals surface area contributed by atoms with E-state index in [1.807, 2.05) is 15.6 Å². The first-order chi connectivity index (χ1) is 10.6. The summed E-state index contributed by atoms with van der Waals surface area (Å²) in [6.07, 6.45) is 3.47. The molecule has 3 heterocycles. The number of hydrogen-bond donors (Lipinski definition) is 1. The summed E-state index contributed by atoms with van der Waals surface area (Å²) >= 11 is 0. The van der Waals surface area contributed by atoms with Crippen LogP contribution in [-0.4, -0.2) is 51.2 Å². The van der Waals surface area contributed by atoms with Gasteiger partial charge in [-0.25, -0.2) is 9.67 Å². The lowest BCUT2D eigenvalue weighted by molar-refractivity contribution is 0.0655. The quantitative estimate of drug-likeness (QED) is 0.933. The molecule has 118 valence electrons. The van der Waals surface area contributed by atoms with Gasteiger partial charge in [0.15, 0.2) is 5.65 Å². The van der Waals surface area contributed by atoms with Gasteiger partial charge in [-0.05, 0) is 18.9 Å². The summed E-state index contributed by atoms with van der Waals surface area (Å²) < 4.78 is 1.90. The van der Waals surface area contributed by atoms with E-state index in [0.717, 1.165) is 37.2 Å². The van der Waals surface area contributed by atoms with Crippen molar-refractivity contribution in [2.45, 2.75) is 33.4 Å². The van der Waals surface area contributed by atoms with Crippen molar-refractivity contribution >= 4 is 16.9 Å². The Morgan fingerprint density at radius 1 is 1.45 bits per heavy atom. The van der Waals surface area contributed by atoms with Gasteiger partial charge in [-0.15, -0.1) is 0 Å². The van der Waals surface area contributed by atoms with Crippen molar-refractivity contribution in [1.29, 1.82) is 0 Å². The van der Waals surface area contributed by atoms with Crippen LogP contribution in [0.5, 0.6) is 0 Å². The second-order valence-electron chi connectivity index (χ2n) is 6.41. The molecule has 0 aliphatic carbocycles. The van der Waals surface area contributed by atoms with Crippen LogP contribution in [0.4, 0.5) is 0 Å². The number of hydrogen-bond acceptors (Lipinski definition) is 4. The first-order valence-corrected chi connectivity index (χ1v) is 7.89. The van der Waals surface area contributed by atoms with Crippen molar-refractivity contribution < 1.29 is 4.79 Å². The Labute approximate surface area is 130 Å². The van der Waals surface area contributed by atoms with Gasteiger partial charge in [0.25, 0.3) is 5.91 Å². The second kappa shape index (κ2) is 6.04. The lowest BCUT2D eigenvalue weighted by atomic mass is 10.1. The van der Waals surface area contributed by atoms with Gasteiger partial charge in [0.1, 0.15) is 0 Å². The standard InChI is InChI=1S/C16H23N5O/c1-11(2)10-21-15-13(9-19-21)6-14(8-18-15)16(22)20-5-4-17-7-12(20)3/h6,8-9,11-12,17H,4-5,7,10H2,1-3H3. The minimum atomic E-state index is 0.0556. The molecule has 1 unspecified atom stereocenters. The number of nitrogens with zero attached hydrogens (tertiary/aromatic N) is 4. The van der Waals surface area contributed by atoms with E-state index in [1.165, 1.54) is 0 Å². The van der Waals surface area contributed by atoms with Gasteiger partial charge in [-0.3, -0.25) is 4.79 Å². The molecule has 1 N–H and O–H groups in total. The maximum Gasteiger partial charge on any atom is 0.255 e. The average Bonchev–Trinajstić information content (AvgIpc) is 2.89. The van der Waals surface area contributed by atoms with E-state index < -0.39 is 0 Å². The van der Waals surface area contributed by atoms with Crippen LogP contribution < -0.4 is 5.32 Å². The lowest BCUT2D eigenvalue weighted by Crippen LogP contribution is -2.52. The molecule has 1 atom stereocenters. The number of nitrogens with one attached hydrogen (secondary N) is 1. The lowest BCUT2D eigenvalue weighted by Gasteiger charge is -2.33. The molecule has 1 aliphatic heterocycles. The Morgan fingerprint density at radius 3 is 3.00 bits per heavy atom. The Balaban J connectivity index is 1.87. The number of piperazine rings is 1. The van der Waals surface area contributed by atoms with Crippen molar-refractivity contribution in [3.8, 4) is 0 Å². The largest absolute Gasteiger partial charge is 0.333 e. The highest BCUT2D eigenvalue weighted by Gasteiger charge is 2.24. The van der Waals surface area contributed by atoms with Crippen molar-refractivity contribution in [3.05, 3.63) is 24.0 Å². The van der Waals surface area contributed by atoms with Crippen molar-refractivity contribution in [2.75, 3.05) is 19.6 Å². The number of carbonyl (C=O) groups is 1. The van der Waals surface area contributed by atoms with Gasteiger partial charge in [-0.1, -0.05) is 13.8 Å². The van der Waals surface area contributed by atoms with Gasteiger partial charge in [0.05, 0.1) is 11.8 Å². The van der Waals surface area contributed by atoms with Crippen LogP contribution in [0, 0.1) is 5.92 Å². The predicted octanol–water partition coefficient (Wildman–Crippen LogP) is 1.52. The molecule has 1 saturated heterocycles. The third-order valence-corrected chi connectivity index (χ3v) is 4.02. The van der Waals surface area contributed by atoms with Gasteiger partial charge in [-0.2, -0.15) is 5.10 Å². The van der Waals surface area contributed by atoms with E-state index in [9.17, 15) is 4.79 Å². The molecule has 2 aromatic rings. The smallest absolute Gasteiger partial charge is 0.255 e. The van der Waals surface area contributed by atoms with Gasteiger partial charge >= 0.3 is 0 Å². The molecule has 6 heteroatoms. The van der Waals surface area contributed by atoms with E-state index in [2.05, 4.69) is 36.2 Å². The average molecular weight is 301 g/mol. The number of aromatic nitrogens is 3. The zero-order chi connectivity index (χ0) is 15.7. The van der Waals surface area contributed by atoms with Gasteiger partial charge < -0.3 is 10.2 Å². The minimum absolute atomic E-state index is 0.0556. The van der Waals surface area contributed by atoms with Crippen molar-refractivity contribution in [1.82, 2.24) is 25.0 Å². The number of fused-ring (bicyclic) bond motifs is 1. The first-order valence-electron chi connectivity index (χ1n) is 7.89. The molecule has 22 heavy (non-hydrogen) atoms. The van der Waals surface area contributed by atoms with E-state index in [4.69, 9.17) is 0 Å². The van der Waals surface area contributed by atoms with Crippen molar-refractivity contribution in [2.24, 2.45) is 5.92 Å². The summed E-state index contributed by atoms with van der Waals surface area (Å²) in [4.78, 5) is 19.1. The fraction of sp³-hybridized carbons (Fsp3) is 0.562. The molecule has 2 aromatic heterocycles. The van der Waals surface area contributed by atoms with Crippen LogP contribution in [0.1, 0.15) is 31.1 Å². The molecule has 1 fully saturated rings. The molecule has 0 radical (unpaired) electrons. The van der Waals surface area contributed by atoms with Crippen LogP contribution in [0.15, 0.2) is 18.5 Å². The molecule has 6 nitrogen and oxygen atoms in total. The van der Waals surface area contributed by atoms with Crippen LogP contribution >= 0.6 is 0 Å². The fourth-order valence-electron chi connectivity index (χ4n) is 2.88. The molecule has 1 amide bonds. The summed E-state index contributed by atoms with van der Waals surface area (Å²) in [7, 11) is 0. The Morgan fingerprint density at radius 2 is 2.27 bits per heavy atom. The highest BCUT2D eigenvalue weighted by atomic mass is 16.2. The SMILES string of the molecule is CC(C)Cn1ncc2cc(C(=O)N3CCNCC3C)cnc21. The Kier molecular flexibility index (Phi) is 4.11. The summed E-state index contributed by atoms with van der Waals surface area (Å²) in [5.41, 5.74) is 1.49. The Hall–Kier alpha value is -1.95. The molecule has 0 spiro atoms. The zero-order valence-electron chi connectivity index (χ0n) is 13.4. The van der Waals surface area contributed by atoms with E-state index in [-0.39, 0.29) is 11.9 Å². The molecule has 1 aliphatic rings. The third kappa shape index (κ3) is 2.83. The normalized spacial score (nSPS) is 19.1. The maximum absolute atomic E-state index is 12.7. The fourth-order valence-corrected chi connectivity index (χ4v) is 2.88. The second-order valence-corrected chi connectivity index (χ2v) is 6.41. The van der Waals surface area contributed by atoms with Crippen LogP contribution in [0.2, 0.25) is 0 Å². The molecule has 0 bridgehead atoms. The highest BCUT2D eigenvalue weighted by Crippen LogP contribution is 2.17. The number of amides is 1. The Bertz CT molecular complexity index is 678. The van der Waals surface area contributed by atoms with Crippen LogP contribution in [0.25, 0.3) is 11.0 Å². The third-order valence-electron chi connectivity index (χ3n) is 4.02. The maximum atomic E-state index is 12.7. The van der Waals surface area contributed by atoms with Crippen LogP contribution in [-0.2, 0) is 6.54 Å². The van der Waals surface area contributed by atoms with Crippen molar-refractivity contribution in [3.63, 3.8) is 0 Å². The van der Waals surface area contributed by atoms with E-state index in [1.54, 1.807) is 12.4 Å². The van der Waals surface area contributed by atoms with Crippen LogP contribution in [0.3, 0.4) is 0 Å². The first kappa shape index (κ1) is 15.0. The molecule has 0 aromatic carbocycles. The van der Waals surface area contributed by atoms with E-state index in [0.29, 0.717) is 11.5 Å². The summed E-state index contributed by atoms with van der Waals surface area (Å²) in [5, 5.41) is 8.61. The number of rotatable bonds is 3. The van der Waals surface area contributed by atoms with Gasteiger partial charge in [0, 0.05) is 43.8 Å². The molecular weight excluding hydrogens is 278 g/mol. The number of pyridine rings is 1.